The first kappa shape index (κ1) is 13.2. The Morgan fingerprint density at radius 3 is 2.89 bits per heavy atom. The summed E-state index contributed by atoms with van der Waals surface area (Å²) in [4.78, 5) is 2.10. The summed E-state index contributed by atoms with van der Waals surface area (Å²) in [6.45, 7) is 3.17. The van der Waals surface area contributed by atoms with Crippen molar-refractivity contribution in [3.63, 3.8) is 0 Å². The Bertz CT molecular complexity index is 379. The van der Waals surface area contributed by atoms with Gasteiger partial charge in [-0.1, -0.05) is 13.0 Å². The van der Waals surface area contributed by atoms with Crippen LogP contribution in [0.15, 0.2) is 24.3 Å². The normalized spacial score (nSPS) is 23.1. The van der Waals surface area contributed by atoms with Crippen molar-refractivity contribution in [3.8, 4) is 5.75 Å². The van der Waals surface area contributed by atoms with E-state index in [2.05, 4.69) is 49.4 Å². The van der Waals surface area contributed by atoms with E-state index in [4.69, 9.17) is 4.74 Å². The van der Waals surface area contributed by atoms with Crippen LogP contribution in [0.1, 0.15) is 26.2 Å². The Morgan fingerprint density at radius 1 is 1.33 bits per heavy atom. The SMILES string of the molecule is CCNC1CCCC1Oc1cccc(N(C)C)c1. The molecule has 0 aromatic heterocycles. The zero-order chi connectivity index (χ0) is 13.0. The predicted octanol–water partition coefficient (Wildman–Crippen LogP) is 2.66. The third kappa shape index (κ3) is 3.16. The molecule has 0 bridgehead atoms. The van der Waals surface area contributed by atoms with Gasteiger partial charge < -0.3 is 15.0 Å². The zero-order valence-corrected chi connectivity index (χ0v) is 11.6. The Hall–Kier alpha value is -1.22. The second-order valence-electron chi connectivity index (χ2n) is 5.14. The van der Waals surface area contributed by atoms with Crippen LogP contribution in [0.2, 0.25) is 0 Å². The molecular weight excluding hydrogens is 224 g/mol. The number of hydrogen-bond acceptors (Lipinski definition) is 3. The molecule has 1 aliphatic rings. The summed E-state index contributed by atoms with van der Waals surface area (Å²) in [5, 5.41) is 3.52. The van der Waals surface area contributed by atoms with E-state index < -0.39 is 0 Å². The van der Waals surface area contributed by atoms with E-state index in [-0.39, 0.29) is 0 Å². The van der Waals surface area contributed by atoms with Gasteiger partial charge in [-0.2, -0.15) is 0 Å². The summed E-state index contributed by atoms with van der Waals surface area (Å²) >= 11 is 0. The predicted molar refractivity (Wildman–Crippen MR) is 76.5 cm³/mol. The van der Waals surface area contributed by atoms with Crippen LogP contribution in [-0.4, -0.2) is 32.8 Å². The quantitative estimate of drug-likeness (QED) is 0.867. The van der Waals surface area contributed by atoms with Gasteiger partial charge in [0.25, 0.3) is 0 Å². The van der Waals surface area contributed by atoms with Gasteiger partial charge in [-0.15, -0.1) is 0 Å². The van der Waals surface area contributed by atoms with Crippen molar-refractivity contribution >= 4 is 5.69 Å². The second kappa shape index (κ2) is 6.10. The lowest BCUT2D eigenvalue weighted by atomic mass is 10.2. The maximum absolute atomic E-state index is 6.14. The van der Waals surface area contributed by atoms with Gasteiger partial charge in [0.05, 0.1) is 0 Å². The minimum Gasteiger partial charge on any atom is -0.489 e. The van der Waals surface area contributed by atoms with Gasteiger partial charge in [0.1, 0.15) is 11.9 Å². The van der Waals surface area contributed by atoms with Crippen LogP contribution in [0, 0.1) is 0 Å². The molecule has 2 atom stereocenters. The molecule has 3 nitrogen and oxygen atoms in total. The maximum Gasteiger partial charge on any atom is 0.121 e. The third-order valence-electron chi connectivity index (χ3n) is 3.54. The number of benzene rings is 1. The lowest BCUT2D eigenvalue weighted by molar-refractivity contribution is 0.176. The molecule has 1 aromatic carbocycles. The van der Waals surface area contributed by atoms with Crippen LogP contribution in [0.25, 0.3) is 0 Å². The first-order valence-corrected chi connectivity index (χ1v) is 6.88. The summed E-state index contributed by atoms with van der Waals surface area (Å²) in [5.74, 6) is 0.982. The number of ether oxygens (including phenoxy) is 1. The third-order valence-corrected chi connectivity index (χ3v) is 3.54. The summed E-state index contributed by atoms with van der Waals surface area (Å²) in [6.07, 6.45) is 3.97. The fourth-order valence-electron chi connectivity index (χ4n) is 2.57. The number of hydrogen-bond donors (Lipinski definition) is 1. The van der Waals surface area contributed by atoms with Crippen LogP contribution in [0.5, 0.6) is 5.75 Å². The highest BCUT2D eigenvalue weighted by Crippen LogP contribution is 2.26. The first-order chi connectivity index (χ1) is 8.70. The highest BCUT2D eigenvalue weighted by molar-refractivity contribution is 5.49. The summed E-state index contributed by atoms with van der Waals surface area (Å²) in [7, 11) is 4.10. The van der Waals surface area contributed by atoms with E-state index in [1.807, 2.05) is 6.07 Å². The van der Waals surface area contributed by atoms with Gasteiger partial charge in [0.2, 0.25) is 0 Å². The Morgan fingerprint density at radius 2 is 2.17 bits per heavy atom. The molecule has 0 heterocycles. The van der Waals surface area contributed by atoms with Crippen molar-refractivity contribution in [1.29, 1.82) is 0 Å². The van der Waals surface area contributed by atoms with Gasteiger partial charge in [0, 0.05) is 31.9 Å². The van der Waals surface area contributed by atoms with Gasteiger partial charge in [-0.25, -0.2) is 0 Å². The lowest BCUT2D eigenvalue weighted by Gasteiger charge is -2.22. The topological polar surface area (TPSA) is 24.5 Å². The van der Waals surface area contributed by atoms with Gasteiger partial charge in [-0.05, 0) is 37.9 Å². The van der Waals surface area contributed by atoms with E-state index >= 15 is 0 Å². The van der Waals surface area contributed by atoms with Crippen LogP contribution in [-0.2, 0) is 0 Å². The number of rotatable bonds is 5. The number of nitrogens with zero attached hydrogens (tertiary/aromatic N) is 1. The molecule has 0 spiro atoms. The molecule has 1 aliphatic carbocycles. The van der Waals surface area contributed by atoms with E-state index in [9.17, 15) is 0 Å². The highest BCUT2D eigenvalue weighted by Gasteiger charge is 2.28. The molecule has 0 saturated heterocycles. The van der Waals surface area contributed by atoms with E-state index in [1.54, 1.807) is 0 Å². The molecule has 1 aromatic rings. The Kier molecular flexibility index (Phi) is 4.48. The van der Waals surface area contributed by atoms with Crippen LogP contribution in [0.4, 0.5) is 5.69 Å². The molecule has 1 fully saturated rings. The van der Waals surface area contributed by atoms with E-state index in [0.29, 0.717) is 12.1 Å². The van der Waals surface area contributed by atoms with Crippen LogP contribution in [0.3, 0.4) is 0 Å². The molecule has 1 saturated carbocycles. The molecule has 0 amide bonds. The molecule has 1 N–H and O–H groups in total. The smallest absolute Gasteiger partial charge is 0.121 e. The van der Waals surface area contributed by atoms with Crippen molar-refractivity contribution in [3.05, 3.63) is 24.3 Å². The fraction of sp³-hybridized carbons (Fsp3) is 0.600. The van der Waals surface area contributed by atoms with Gasteiger partial charge >= 0.3 is 0 Å². The molecular formula is C15H24N2O. The summed E-state index contributed by atoms with van der Waals surface area (Å²) < 4.78 is 6.14. The number of likely N-dealkylation sites (N-methyl/N-ethyl adjacent to an activating group) is 1. The molecule has 0 aliphatic heterocycles. The van der Waals surface area contributed by atoms with Crippen molar-refractivity contribution in [2.75, 3.05) is 25.5 Å². The second-order valence-corrected chi connectivity index (χ2v) is 5.14. The number of anilines is 1. The molecule has 2 rings (SSSR count). The Labute approximate surface area is 110 Å². The van der Waals surface area contributed by atoms with Crippen molar-refractivity contribution in [2.45, 2.75) is 38.3 Å². The molecule has 3 heteroatoms. The minimum atomic E-state index is 0.322. The van der Waals surface area contributed by atoms with Gasteiger partial charge in [-0.3, -0.25) is 0 Å². The Balaban J connectivity index is 2.02. The van der Waals surface area contributed by atoms with Crippen LogP contribution < -0.4 is 15.0 Å². The zero-order valence-electron chi connectivity index (χ0n) is 11.6. The molecule has 100 valence electrons. The van der Waals surface area contributed by atoms with Gasteiger partial charge in [0.15, 0.2) is 0 Å². The lowest BCUT2D eigenvalue weighted by Crippen LogP contribution is -2.38. The van der Waals surface area contributed by atoms with Crippen molar-refractivity contribution < 1.29 is 4.74 Å². The first-order valence-electron chi connectivity index (χ1n) is 6.88. The summed E-state index contributed by atoms with van der Waals surface area (Å²) in [6, 6.07) is 8.83. The highest BCUT2D eigenvalue weighted by atomic mass is 16.5. The van der Waals surface area contributed by atoms with Crippen molar-refractivity contribution in [1.82, 2.24) is 5.32 Å². The standard InChI is InChI=1S/C15H24N2O/c1-4-16-14-9-6-10-15(14)18-13-8-5-7-12(11-13)17(2)3/h5,7-8,11,14-16H,4,6,9-10H2,1-3H3. The summed E-state index contributed by atoms with van der Waals surface area (Å²) in [5.41, 5.74) is 1.19. The molecule has 0 radical (unpaired) electrons. The van der Waals surface area contributed by atoms with Crippen molar-refractivity contribution in [2.24, 2.45) is 0 Å². The maximum atomic E-state index is 6.14. The van der Waals surface area contributed by atoms with E-state index in [0.717, 1.165) is 18.7 Å². The monoisotopic (exact) mass is 248 g/mol. The minimum absolute atomic E-state index is 0.322. The fourth-order valence-corrected chi connectivity index (χ4v) is 2.57. The number of nitrogens with one attached hydrogen (secondary N) is 1. The average molecular weight is 248 g/mol. The largest absolute Gasteiger partial charge is 0.489 e. The molecule has 18 heavy (non-hydrogen) atoms. The molecule has 2 unspecified atom stereocenters. The van der Waals surface area contributed by atoms with Crippen LogP contribution >= 0.6 is 0 Å². The average Bonchev–Trinajstić information content (AvgIpc) is 2.77. The van der Waals surface area contributed by atoms with E-state index in [1.165, 1.54) is 18.5 Å².